The topological polar surface area (TPSA) is 141 Å². The standard InChI is InChI=1S/C31H40ClF2N7O4S/c32-27-16-22(31(33,34)21-5-3-20(4-6-21)30(43)37-26-19-36-18-25(26)35)17-28(38-27)39-12-14-40(15-13-39)46(44,45)24-9-7-23(8-10-24)41-11-1-2-29(41)42/h7-10,16-17,20-21,25-26,36H,1-6,11-15,18-19,35H2,(H,37,43)/t20?,21?,25-,26+/m1/s1. The van der Waals surface area contributed by atoms with Crippen molar-refractivity contribution in [1.82, 2.24) is 19.9 Å². The number of nitrogens with one attached hydrogen (secondary N) is 2. The number of halogens is 3. The van der Waals surface area contributed by atoms with Gasteiger partial charge >= 0.3 is 0 Å². The van der Waals surface area contributed by atoms with E-state index in [1.54, 1.807) is 21.9 Å². The summed E-state index contributed by atoms with van der Waals surface area (Å²) >= 11 is 6.25. The SMILES string of the molecule is N[C@@H]1CNC[C@@H]1NC(=O)C1CCC(C(F)(F)c2cc(Cl)nc(N3CCN(S(=O)(=O)c4ccc(N5CCCC5=O)cc4)CC3)c2)CC1. The van der Waals surface area contributed by atoms with Gasteiger partial charge in [0.15, 0.2) is 0 Å². The first-order valence-electron chi connectivity index (χ1n) is 15.9. The van der Waals surface area contributed by atoms with Crippen LogP contribution in [-0.4, -0.2) is 87.4 Å². The second kappa shape index (κ2) is 13.3. The molecule has 1 aromatic heterocycles. The van der Waals surface area contributed by atoms with Gasteiger partial charge in [0.25, 0.3) is 5.92 Å². The summed E-state index contributed by atoms with van der Waals surface area (Å²) in [5.74, 6) is -4.29. The van der Waals surface area contributed by atoms with E-state index in [9.17, 15) is 18.0 Å². The smallest absolute Gasteiger partial charge is 0.276 e. The molecule has 0 radical (unpaired) electrons. The van der Waals surface area contributed by atoms with Crippen LogP contribution < -0.4 is 26.2 Å². The lowest BCUT2D eigenvalue weighted by Crippen LogP contribution is -2.49. The van der Waals surface area contributed by atoms with Crippen LogP contribution in [0.2, 0.25) is 5.15 Å². The summed E-state index contributed by atoms with van der Waals surface area (Å²) in [6, 6.07) is 8.55. The molecule has 0 spiro atoms. The van der Waals surface area contributed by atoms with Gasteiger partial charge in [0.2, 0.25) is 21.8 Å². The average Bonchev–Trinajstić information content (AvgIpc) is 3.67. The zero-order chi connectivity index (χ0) is 32.6. The van der Waals surface area contributed by atoms with Crippen LogP contribution in [0.1, 0.15) is 44.1 Å². The molecule has 4 fully saturated rings. The number of nitrogens with zero attached hydrogens (tertiary/aromatic N) is 4. The third kappa shape index (κ3) is 6.73. The summed E-state index contributed by atoms with van der Waals surface area (Å²) < 4.78 is 59.9. The quantitative estimate of drug-likeness (QED) is 0.362. The molecule has 0 unspecified atom stereocenters. The lowest BCUT2D eigenvalue weighted by molar-refractivity contribution is -0.129. The van der Waals surface area contributed by atoms with Crippen molar-refractivity contribution in [3.05, 3.63) is 47.1 Å². The van der Waals surface area contributed by atoms with E-state index in [-0.39, 0.29) is 90.3 Å². The molecule has 2 aromatic rings. The van der Waals surface area contributed by atoms with E-state index in [0.29, 0.717) is 44.6 Å². The average molecular weight is 680 g/mol. The highest BCUT2D eigenvalue weighted by Crippen LogP contribution is 2.46. The fraction of sp³-hybridized carbons (Fsp3) is 0.581. The summed E-state index contributed by atoms with van der Waals surface area (Å²) in [7, 11) is -3.80. The first-order valence-corrected chi connectivity index (χ1v) is 17.7. The van der Waals surface area contributed by atoms with Crippen molar-refractivity contribution in [2.45, 2.75) is 61.4 Å². The number of sulfonamides is 1. The van der Waals surface area contributed by atoms with E-state index < -0.39 is 21.9 Å². The number of alkyl halides is 2. The summed E-state index contributed by atoms with van der Waals surface area (Å²) in [5, 5.41) is 6.05. The third-order valence-electron chi connectivity index (χ3n) is 9.79. The van der Waals surface area contributed by atoms with Crippen LogP contribution in [0.15, 0.2) is 41.3 Å². The van der Waals surface area contributed by atoms with Gasteiger partial charge in [0, 0.05) is 81.4 Å². The van der Waals surface area contributed by atoms with Crippen LogP contribution in [0.25, 0.3) is 0 Å². The highest BCUT2D eigenvalue weighted by atomic mass is 35.5. The van der Waals surface area contributed by atoms with Crippen molar-refractivity contribution >= 4 is 44.9 Å². The Bertz CT molecular complexity index is 1550. The van der Waals surface area contributed by atoms with Gasteiger partial charge in [-0.3, -0.25) is 9.59 Å². The maximum absolute atomic E-state index is 15.9. The predicted octanol–water partition coefficient (Wildman–Crippen LogP) is 2.69. The molecule has 6 rings (SSSR count). The lowest BCUT2D eigenvalue weighted by Gasteiger charge is -2.36. The minimum Gasteiger partial charge on any atom is -0.354 e. The number of carbonyl (C=O) groups is 2. The number of hydrogen-bond donors (Lipinski definition) is 3. The van der Waals surface area contributed by atoms with Gasteiger partial charge < -0.3 is 26.2 Å². The molecule has 1 saturated carbocycles. The fourth-order valence-electron chi connectivity index (χ4n) is 6.97. The Morgan fingerprint density at radius 1 is 1.02 bits per heavy atom. The van der Waals surface area contributed by atoms with Gasteiger partial charge in [-0.25, -0.2) is 22.2 Å². The van der Waals surface area contributed by atoms with Crippen LogP contribution in [0, 0.1) is 11.8 Å². The Morgan fingerprint density at radius 2 is 1.72 bits per heavy atom. The molecule has 1 aromatic carbocycles. The zero-order valence-electron chi connectivity index (χ0n) is 25.5. The Hall–Kier alpha value is -2.91. The maximum atomic E-state index is 15.9. The number of amides is 2. The number of aromatic nitrogens is 1. The number of pyridine rings is 1. The third-order valence-corrected chi connectivity index (χ3v) is 11.9. The number of piperazine rings is 1. The van der Waals surface area contributed by atoms with Crippen LogP contribution in [0.3, 0.4) is 0 Å². The van der Waals surface area contributed by atoms with E-state index >= 15 is 8.78 Å². The number of anilines is 2. The van der Waals surface area contributed by atoms with E-state index in [2.05, 4.69) is 15.6 Å². The molecule has 46 heavy (non-hydrogen) atoms. The predicted molar refractivity (Wildman–Crippen MR) is 170 cm³/mol. The molecule has 11 nitrogen and oxygen atoms in total. The Kier molecular flexibility index (Phi) is 9.55. The summed E-state index contributed by atoms with van der Waals surface area (Å²) in [6.45, 7) is 2.63. The second-order valence-corrected chi connectivity index (χ2v) is 15.0. The highest BCUT2D eigenvalue weighted by molar-refractivity contribution is 7.89. The number of benzene rings is 1. The molecule has 2 atom stereocenters. The fourth-order valence-corrected chi connectivity index (χ4v) is 8.60. The van der Waals surface area contributed by atoms with Gasteiger partial charge in [-0.1, -0.05) is 11.6 Å². The van der Waals surface area contributed by atoms with Crippen LogP contribution in [0.5, 0.6) is 0 Å². The van der Waals surface area contributed by atoms with Gasteiger partial charge in [-0.05, 0) is 68.5 Å². The second-order valence-electron chi connectivity index (χ2n) is 12.7. The summed E-state index contributed by atoms with van der Waals surface area (Å²) in [4.78, 5) is 32.6. The van der Waals surface area contributed by atoms with E-state index in [1.165, 1.54) is 28.6 Å². The van der Waals surface area contributed by atoms with E-state index in [4.69, 9.17) is 17.3 Å². The Labute approximate surface area is 272 Å². The Morgan fingerprint density at radius 3 is 2.33 bits per heavy atom. The highest BCUT2D eigenvalue weighted by Gasteiger charge is 2.45. The van der Waals surface area contributed by atoms with Gasteiger partial charge in [-0.15, -0.1) is 0 Å². The van der Waals surface area contributed by atoms with Gasteiger partial charge in [-0.2, -0.15) is 4.31 Å². The summed E-state index contributed by atoms with van der Waals surface area (Å²) in [6.07, 6.45) is 2.38. The molecule has 3 aliphatic heterocycles. The molecule has 2 amide bonds. The monoisotopic (exact) mass is 679 g/mol. The number of nitrogens with two attached hydrogens (primary N) is 1. The molecular weight excluding hydrogens is 640 g/mol. The van der Waals surface area contributed by atoms with E-state index in [0.717, 1.165) is 6.42 Å². The van der Waals surface area contributed by atoms with Crippen molar-refractivity contribution in [2.75, 3.05) is 55.6 Å². The minimum absolute atomic E-state index is 0.0255. The molecule has 15 heteroatoms. The van der Waals surface area contributed by atoms with Crippen LogP contribution in [0.4, 0.5) is 20.3 Å². The molecule has 4 heterocycles. The molecule has 250 valence electrons. The normalized spacial score (nSPS) is 26.5. The van der Waals surface area contributed by atoms with Crippen molar-refractivity contribution in [2.24, 2.45) is 17.6 Å². The zero-order valence-corrected chi connectivity index (χ0v) is 27.1. The first-order chi connectivity index (χ1) is 21.9. The van der Waals surface area contributed by atoms with Crippen molar-refractivity contribution in [1.29, 1.82) is 0 Å². The van der Waals surface area contributed by atoms with Crippen LogP contribution in [-0.2, 0) is 25.5 Å². The number of rotatable bonds is 8. The molecular formula is C31H40ClF2N7O4S. The maximum Gasteiger partial charge on any atom is 0.276 e. The number of hydrogen-bond acceptors (Lipinski definition) is 8. The Balaban J connectivity index is 1.06. The first kappa shape index (κ1) is 33.0. The van der Waals surface area contributed by atoms with Crippen molar-refractivity contribution in [3.63, 3.8) is 0 Å². The van der Waals surface area contributed by atoms with Gasteiger partial charge in [0.05, 0.1) is 10.9 Å². The number of carbonyl (C=O) groups excluding carboxylic acids is 2. The molecule has 1 aliphatic carbocycles. The van der Waals surface area contributed by atoms with Crippen LogP contribution >= 0.6 is 11.6 Å². The van der Waals surface area contributed by atoms with Crippen molar-refractivity contribution in [3.8, 4) is 0 Å². The van der Waals surface area contributed by atoms with Gasteiger partial charge in [0.1, 0.15) is 11.0 Å². The molecule has 4 N–H and O–H groups in total. The largest absolute Gasteiger partial charge is 0.354 e. The molecule has 4 aliphatic rings. The molecule has 0 bridgehead atoms. The lowest BCUT2D eigenvalue weighted by atomic mass is 9.77. The van der Waals surface area contributed by atoms with Crippen molar-refractivity contribution < 1.29 is 26.8 Å². The molecule has 3 saturated heterocycles. The van der Waals surface area contributed by atoms with E-state index in [1.807, 2.05) is 0 Å². The minimum atomic E-state index is -3.80. The summed E-state index contributed by atoms with van der Waals surface area (Å²) in [5.41, 5.74) is 6.46.